The van der Waals surface area contributed by atoms with E-state index in [0.29, 0.717) is 6.54 Å². The summed E-state index contributed by atoms with van der Waals surface area (Å²) in [6.45, 7) is 3.32. The van der Waals surface area contributed by atoms with E-state index in [1.165, 1.54) is 50.0 Å². The van der Waals surface area contributed by atoms with Crippen LogP contribution in [0.4, 0.5) is 13.2 Å². The van der Waals surface area contributed by atoms with Gasteiger partial charge in [0, 0.05) is 12.1 Å². The standard InChI is InChI=1S/C22H25F3N2O2/c23-22(24,25)19-9-6-10-20(13-19)29-16-21(28)26-14-17-7-2-3-8-18(17)15-27-11-4-1-5-12-27/h2-3,6-10,13H,1,4-5,11-12,14-16H2,(H,26,28)/p+1. The van der Waals surface area contributed by atoms with Crippen LogP contribution in [0, 0.1) is 0 Å². The van der Waals surface area contributed by atoms with Gasteiger partial charge in [0.2, 0.25) is 0 Å². The Balaban J connectivity index is 1.51. The summed E-state index contributed by atoms with van der Waals surface area (Å²) in [5, 5.41) is 2.80. The third-order valence-electron chi connectivity index (χ3n) is 5.13. The predicted octanol–water partition coefficient (Wildman–Crippen LogP) is 2.97. The Bertz CT molecular complexity index is 818. The number of carbonyl (C=O) groups excluding carboxylic acids is 1. The Labute approximate surface area is 168 Å². The van der Waals surface area contributed by atoms with Crippen LogP contribution < -0.4 is 15.0 Å². The number of nitrogens with one attached hydrogen (secondary N) is 2. The van der Waals surface area contributed by atoms with E-state index in [-0.39, 0.29) is 18.3 Å². The first kappa shape index (κ1) is 21.2. The van der Waals surface area contributed by atoms with Crippen LogP contribution >= 0.6 is 0 Å². The van der Waals surface area contributed by atoms with Gasteiger partial charge in [-0.2, -0.15) is 13.2 Å². The topological polar surface area (TPSA) is 42.8 Å². The number of quaternary nitrogens is 1. The van der Waals surface area contributed by atoms with Crippen molar-refractivity contribution in [1.82, 2.24) is 5.32 Å². The molecule has 156 valence electrons. The summed E-state index contributed by atoms with van der Waals surface area (Å²) >= 11 is 0. The highest BCUT2D eigenvalue weighted by Gasteiger charge is 2.30. The molecule has 1 heterocycles. The molecule has 0 spiro atoms. The first-order valence-electron chi connectivity index (χ1n) is 9.89. The molecule has 2 aromatic rings. The van der Waals surface area contributed by atoms with Crippen LogP contribution in [0.15, 0.2) is 48.5 Å². The number of alkyl halides is 3. The summed E-state index contributed by atoms with van der Waals surface area (Å²) in [6, 6.07) is 12.5. The van der Waals surface area contributed by atoms with Gasteiger partial charge in [-0.1, -0.05) is 30.3 Å². The summed E-state index contributed by atoms with van der Waals surface area (Å²) in [7, 11) is 0. The minimum absolute atomic E-state index is 0.0177. The minimum Gasteiger partial charge on any atom is -0.484 e. The predicted molar refractivity (Wildman–Crippen MR) is 103 cm³/mol. The molecule has 7 heteroatoms. The molecule has 2 aromatic carbocycles. The molecular formula is C22H26F3N2O2+. The van der Waals surface area contributed by atoms with Crippen molar-refractivity contribution in [1.29, 1.82) is 0 Å². The Morgan fingerprint density at radius 1 is 1.00 bits per heavy atom. The quantitative estimate of drug-likeness (QED) is 0.741. The molecular weight excluding hydrogens is 381 g/mol. The molecule has 1 amide bonds. The van der Waals surface area contributed by atoms with Gasteiger partial charge in [-0.25, -0.2) is 0 Å². The number of amides is 1. The maximum Gasteiger partial charge on any atom is 0.416 e. The number of ether oxygens (including phenoxy) is 1. The van der Waals surface area contributed by atoms with E-state index < -0.39 is 11.7 Å². The summed E-state index contributed by atoms with van der Waals surface area (Å²) in [5.41, 5.74) is 1.46. The molecule has 0 radical (unpaired) electrons. The SMILES string of the molecule is O=C(COc1cccc(C(F)(F)F)c1)NCc1ccccc1C[NH+]1CCCCC1. The molecule has 0 aromatic heterocycles. The molecule has 0 aliphatic carbocycles. The molecule has 1 fully saturated rings. The lowest BCUT2D eigenvalue weighted by Crippen LogP contribution is -3.11. The highest BCUT2D eigenvalue weighted by Crippen LogP contribution is 2.31. The Kier molecular flexibility index (Phi) is 7.14. The van der Waals surface area contributed by atoms with Crippen LogP contribution in [-0.2, 0) is 24.1 Å². The van der Waals surface area contributed by atoms with Crippen LogP contribution in [0.2, 0.25) is 0 Å². The average Bonchev–Trinajstić information content (AvgIpc) is 2.72. The Morgan fingerprint density at radius 2 is 1.72 bits per heavy atom. The van der Waals surface area contributed by atoms with E-state index in [2.05, 4.69) is 11.4 Å². The maximum absolute atomic E-state index is 12.7. The van der Waals surface area contributed by atoms with Crippen molar-refractivity contribution in [3.8, 4) is 5.75 Å². The normalized spacial score (nSPS) is 15.1. The molecule has 0 atom stereocenters. The minimum atomic E-state index is -4.44. The Morgan fingerprint density at radius 3 is 2.45 bits per heavy atom. The van der Waals surface area contributed by atoms with E-state index in [1.54, 1.807) is 4.90 Å². The fraction of sp³-hybridized carbons (Fsp3) is 0.409. The first-order chi connectivity index (χ1) is 13.9. The van der Waals surface area contributed by atoms with Gasteiger partial charge in [-0.3, -0.25) is 4.79 Å². The van der Waals surface area contributed by atoms with Crippen LogP contribution in [0.3, 0.4) is 0 Å². The largest absolute Gasteiger partial charge is 0.484 e. The number of piperidine rings is 1. The molecule has 3 rings (SSSR count). The summed E-state index contributed by atoms with van der Waals surface area (Å²) in [4.78, 5) is 13.7. The second-order valence-electron chi connectivity index (χ2n) is 7.35. The highest BCUT2D eigenvalue weighted by atomic mass is 19.4. The van der Waals surface area contributed by atoms with E-state index >= 15 is 0 Å². The molecule has 0 unspecified atom stereocenters. The smallest absolute Gasteiger partial charge is 0.416 e. The summed E-state index contributed by atoms with van der Waals surface area (Å²) in [6.07, 6.45) is -0.642. The molecule has 1 aliphatic rings. The van der Waals surface area contributed by atoms with Crippen molar-refractivity contribution >= 4 is 5.91 Å². The zero-order valence-electron chi connectivity index (χ0n) is 16.2. The number of likely N-dealkylation sites (tertiary alicyclic amines) is 1. The monoisotopic (exact) mass is 407 g/mol. The second kappa shape index (κ2) is 9.78. The zero-order chi connectivity index (χ0) is 20.7. The highest BCUT2D eigenvalue weighted by molar-refractivity contribution is 5.77. The fourth-order valence-electron chi connectivity index (χ4n) is 3.56. The lowest BCUT2D eigenvalue weighted by atomic mass is 10.0. The first-order valence-corrected chi connectivity index (χ1v) is 9.89. The van der Waals surface area contributed by atoms with Crippen LogP contribution in [0.1, 0.15) is 36.0 Å². The van der Waals surface area contributed by atoms with E-state index in [1.807, 2.05) is 18.2 Å². The second-order valence-corrected chi connectivity index (χ2v) is 7.35. The van der Waals surface area contributed by atoms with Gasteiger partial charge in [-0.15, -0.1) is 0 Å². The van der Waals surface area contributed by atoms with Crippen LogP contribution in [-0.4, -0.2) is 25.6 Å². The molecule has 1 saturated heterocycles. The van der Waals surface area contributed by atoms with Crippen molar-refractivity contribution in [3.05, 3.63) is 65.2 Å². The molecule has 2 N–H and O–H groups in total. The zero-order valence-corrected chi connectivity index (χ0v) is 16.2. The van der Waals surface area contributed by atoms with Crippen LogP contribution in [0.5, 0.6) is 5.75 Å². The van der Waals surface area contributed by atoms with Crippen molar-refractivity contribution in [2.45, 2.75) is 38.5 Å². The summed E-state index contributed by atoms with van der Waals surface area (Å²) in [5.74, 6) is -0.355. The number of rotatable bonds is 7. The number of hydrogen-bond donors (Lipinski definition) is 2. The molecule has 1 aliphatic heterocycles. The lowest BCUT2D eigenvalue weighted by Gasteiger charge is -2.24. The van der Waals surface area contributed by atoms with Gasteiger partial charge < -0.3 is 15.0 Å². The molecule has 29 heavy (non-hydrogen) atoms. The van der Waals surface area contributed by atoms with Gasteiger partial charge in [0.05, 0.1) is 18.7 Å². The van der Waals surface area contributed by atoms with Crippen molar-refractivity contribution in [2.24, 2.45) is 0 Å². The molecule has 4 nitrogen and oxygen atoms in total. The van der Waals surface area contributed by atoms with Crippen molar-refractivity contribution < 1.29 is 27.6 Å². The number of carbonyl (C=O) groups is 1. The van der Waals surface area contributed by atoms with E-state index in [0.717, 1.165) is 24.2 Å². The third-order valence-corrected chi connectivity index (χ3v) is 5.13. The van der Waals surface area contributed by atoms with Crippen molar-refractivity contribution in [3.63, 3.8) is 0 Å². The van der Waals surface area contributed by atoms with Gasteiger partial charge in [-0.05, 0) is 43.0 Å². The average molecular weight is 407 g/mol. The molecule has 0 saturated carbocycles. The van der Waals surface area contributed by atoms with Gasteiger partial charge >= 0.3 is 6.18 Å². The van der Waals surface area contributed by atoms with E-state index in [4.69, 9.17) is 4.74 Å². The van der Waals surface area contributed by atoms with Gasteiger partial charge in [0.25, 0.3) is 5.91 Å². The van der Waals surface area contributed by atoms with E-state index in [9.17, 15) is 18.0 Å². The van der Waals surface area contributed by atoms with Gasteiger partial charge in [0.1, 0.15) is 12.3 Å². The lowest BCUT2D eigenvalue weighted by molar-refractivity contribution is -0.918. The molecule has 0 bridgehead atoms. The summed E-state index contributed by atoms with van der Waals surface area (Å²) < 4.78 is 43.5. The third kappa shape index (κ3) is 6.49. The number of benzene rings is 2. The fourth-order valence-corrected chi connectivity index (χ4v) is 3.56. The number of hydrogen-bond acceptors (Lipinski definition) is 2. The van der Waals surface area contributed by atoms with Gasteiger partial charge in [0.15, 0.2) is 6.61 Å². The van der Waals surface area contributed by atoms with Crippen molar-refractivity contribution in [2.75, 3.05) is 19.7 Å². The number of halogens is 3. The van der Waals surface area contributed by atoms with Crippen LogP contribution in [0.25, 0.3) is 0 Å². The maximum atomic E-state index is 12.7. The Hall–Kier alpha value is -2.54.